The van der Waals surface area contributed by atoms with E-state index in [1.807, 2.05) is 6.92 Å². The average Bonchev–Trinajstić information content (AvgIpc) is 2.49. The van der Waals surface area contributed by atoms with E-state index in [2.05, 4.69) is 0 Å². The van der Waals surface area contributed by atoms with Gasteiger partial charge in [0.15, 0.2) is 0 Å². The number of nitrogens with zero attached hydrogens (tertiary/aromatic N) is 1. The molecule has 0 atom stereocenters. The lowest BCUT2D eigenvalue weighted by atomic mass is 10.2. The molecule has 0 fully saturated rings. The highest BCUT2D eigenvalue weighted by Gasteiger charge is 2.29. The fraction of sp³-hybridized carbons (Fsp3) is 0.188. The quantitative estimate of drug-likeness (QED) is 0.872. The number of carbonyl (C=O) groups is 1. The molecule has 7 heteroatoms. The normalized spacial score (nSPS) is 11.3. The van der Waals surface area contributed by atoms with Crippen molar-refractivity contribution >= 4 is 23.5 Å². The van der Waals surface area contributed by atoms with Crippen LogP contribution in [-0.4, -0.2) is 12.6 Å². The summed E-state index contributed by atoms with van der Waals surface area (Å²) in [5.41, 5.74) is 5.29. The highest BCUT2D eigenvalue weighted by molar-refractivity contribution is 7.99. The predicted molar refractivity (Wildman–Crippen MR) is 84.6 cm³/mol. The van der Waals surface area contributed by atoms with Crippen LogP contribution >= 0.6 is 11.8 Å². The first-order valence-corrected chi connectivity index (χ1v) is 7.65. The third-order valence-electron chi connectivity index (χ3n) is 3.15. The van der Waals surface area contributed by atoms with Gasteiger partial charge in [-0.05, 0) is 55.5 Å². The number of amides is 2. The summed E-state index contributed by atoms with van der Waals surface area (Å²) in [6, 6.07) is 11.5. The van der Waals surface area contributed by atoms with Crippen molar-refractivity contribution in [2.45, 2.75) is 22.9 Å². The first-order valence-electron chi connectivity index (χ1n) is 6.83. The first kappa shape index (κ1) is 17.2. The lowest BCUT2D eigenvalue weighted by molar-refractivity contribution is -0.137. The minimum Gasteiger partial charge on any atom is -0.351 e. The molecule has 0 heterocycles. The number of hydrogen-bond acceptors (Lipinski definition) is 2. The lowest BCUT2D eigenvalue weighted by Gasteiger charge is -2.18. The van der Waals surface area contributed by atoms with Gasteiger partial charge in [0.1, 0.15) is 0 Å². The van der Waals surface area contributed by atoms with Crippen LogP contribution in [0.15, 0.2) is 58.3 Å². The number of rotatable bonds is 4. The van der Waals surface area contributed by atoms with E-state index < -0.39 is 17.8 Å². The lowest BCUT2D eigenvalue weighted by Crippen LogP contribution is -2.35. The van der Waals surface area contributed by atoms with Crippen LogP contribution in [0.4, 0.5) is 23.7 Å². The maximum atomic E-state index is 12.5. The van der Waals surface area contributed by atoms with Crippen molar-refractivity contribution < 1.29 is 18.0 Å². The van der Waals surface area contributed by atoms with Crippen molar-refractivity contribution in [2.75, 3.05) is 11.4 Å². The zero-order chi connectivity index (χ0) is 17.0. The van der Waals surface area contributed by atoms with Gasteiger partial charge in [-0.2, -0.15) is 13.2 Å². The van der Waals surface area contributed by atoms with Gasteiger partial charge in [0, 0.05) is 22.0 Å². The molecule has 0 bridgehead atoms. The van der Waals surface area contributed by atoms with E-state index >= 15 is 0 Å². The second-order valence-electron chi connectivity index (χ2n) is 4.70. The van der Waals surface area contributed by atoms with Crippen LogP contribution in [0.1, 0.15) is 12.5 Å². The van der Waals surface area contributed by atoms with E-state index in [4.69, 9.17) is 5.73 Å². The zero-order valence-corrected chi connectivity index (χ0v) is 13.1. The number of halogens is 3. The Labute approximate surface area is 136 Å². The fourth-order valence-electron chi connectivity index (χ4n) is 2.01. The topological polar surface area (TPSA) is 46.3 Å². The molecular formula is C16H15F3N2OS. The smallest absolute Gasteiger partial charge is 0.351 e. The summed E-state index contributed by atoms with van der Waals surface area (Å²) >= 11 is 1.34. The summed E-state index contributed by atoms with van der Waals surface area (Å²) in [5.74, 6) is 0. The van der Waals surface area contributed by atoms with E-state index in [1.54, 1.807) is 24.3 Å². The number of hydrogen-bond donors (Lipinski definition) is 1. The van der Waals surface area contributed by atoms with E-state index in [-0.39, 0.29) is 0 Å². The van der Waals surface area contributed by atoms with Gasteiger partial charge in [-0.25, -0.2) is 4.79 Å². The highest BCUT2D eigenvalue weighted by atomic mass is 32.2. The van der Waals surface area contributed by atoms with Crippen molar-refractivity contribution in [2.24, 2.45) is 5.73 Å². The molecule has 3 nitrogen and oxygen atoms in total. The Morgan fingerprint density at radius 1 is 1.04 bits per heavy atom. The van der Waals surface area contributed by atoms with Crippen molar-refractivity contribution in [3.63, 3.8) is 0 Å². The summed E-state index contributed by atoms with van der Waals surface area (Å²) in [6.45, 7) is 2.27. The third-order valence-corrected chi connectivity index (χ3v) is 4.16. The molecule has 0 aromatic heterocycles. The molecule has 0 saturated heterocycles. The summed E-state index contributed by atoms with van der Waals surface area (Å²) in [4.78, 5) is 14.3. The number of carbonyl (C=O) groups excluding carboxylic acids is 1. The number of nitrogens with two attached hydrogens (primary N) is 1. The van der Waals surface area contributed by atoms with Gasteiger partial charge in [-0.1, -0.05) is 11.8 Å². The van der Waals surface area contributed by atoms with Crippen LogP contribution in [0.2, 0.25) is 0 Å². The first-order chi connectivity index (χ1) is 10.8. The number of alkyl halides is 3. The Kier molecular flexibility index (Phi) is 5.20. The minimum absolute atomic E-state index is 0.459. The largest absolute Gasteiger partial charge is 0.416 e. The van der Waals surface area contributed by atoms with Gasteiger partial charge in [-0.3, -0.25) is 4.90 Å². The number of benzene rings is 2. The summed E-state index contributed by atoms with van der Waals surface area (Å²) in [7, 11) is 0. The van der Waals surface area contributed by atoms with Crippen LogP contribution in [-0.2, 0) is 6.18 Å². The Morgan fingerprint density at radius 2 is 1.52 bits per heavy atom. The van der Waals surface area contributed by atoms with Gasteiger partial charge in [0.2, 0.25) is 0 Å². The molecule has 0 spiro atoms. The Balaban J connectivity index is 2.10. The maximum absolute atomic E-state index is 12.5. The van der Waals surface area contributed by atoms with Crippen LogP contribution in [0.25, 0.3) is 0 Å². The molecular weight excluding hydrogens is 325 g/mol. The van der Waals surface area contributed by atoms with Gasteiger partial charge >= 0.3 is 12.2 Å². The Morgan fingerprint density at radius 3 is 1.91 bits per heavy atom. The summed E-state index contributed by atoms with van der Waals surface area (Å²) in [6.07, 6.45) is -4.33. The molecule has 2 rings (SSSR count). The second-order valence-corrected chi connectivity index (χ2v) is 5.85. The SMILES string of the molecule is CCN(C(N)=O)c1ccc(Sc2ccc(C(F)(F)F)cc2)cc1. The van der Waals surface area contributed by atoms with Crippen molar-refractivity contribution in [1.29, 1.82) is 0 Å². The molecule has 2 aromatic rings. The van der Waals surface area contributed by atoms with Gasteiger partial charge in [-0.15, -0.1) is 0 Å². The van der Waals surface area contributed by atoms with Crippen LogP contribution < -0.4 is 10.6 Å². The molecule has 0 radical (unpaired) electrons. The monoisotopic (exact) mass is 340 g/mol. The van der Waals surface area contributed by atoms with E-state index in [9.17, 15) is 18.0 Å². The number of primary amides is 1. The van der Waals surface area contributed by atoms with Crippen molar-refractivity contribution in [3.8, 4) is 0 Å². The zero-order valence-electron chi connectivity index (χ0n) is 12.3. The van der Waals surface area contributed by atoms with Crippen molar-refractivity contribution in [3.05, 3.63) is 54.1 Å². The summed E-state index contributed by atoms with van der Waals surface area (Å²) in [5, 5.41) is 0. The molecule has 0 aliphatic carbocycles. The number of anilines is 1. The van der Waals surface area contributed by atoms with E-state index in [1.165, 1.54) is 28.8 Å². The van der Waals surface area contributed by atoms with E-state index in [0.717, 1.165) is 17.0 Å². The molecule has 2 aromatic carbocycles. The molecule has 0 aliphatic heterocycles. The van der Waals surface area contributed by atoms with Gasteiger partial charge < -0.3 is 5.73 Å². The standard InChI is InChI=1S/C16H15F3N2OS/c1-2-21(15(20)22)12-5-9-14(10-6-12)23-13-7-3-11(4-8-13)16(17,18)19/h3-10H,2H2,1H3,(H2,20,22). The highest BCUT2D eigenvalue weighted by Crippen LogP contribution is 2.33. The Hall–Kier alpha value is -2.15. The Bertz CT molecular complexity index is 669. The molecule has 0 unspecified atom stereocenters. The van der Waals surface area contributed by atoms with Gasteiger partial charge in [0.05, 0.1) is 5.56 Å². The van der Waals surface area contributed by atoms with Gasteiger partial charge in [0.25, 0.3) is 0 Å². The fourth-order valence-corrected chi connectivity index (χ4v) is 2.82. The molecule has 23 heavy (non-hydrogen) atoms. The van der Waals surface area contributed by atoms with Crippen molar-refractivity contribution in [1.82, 2.24) is 0 Å². The van der Waals surface area contributed by atoms with Crippen LogP contribution in [0.5, 0.6) is 0 Å². The predicted octanol–water partition coefficient (Wildman–Crippen LogP) is 4.76. The number of urea groups is 1. The third kappa shape index (κ3) is 4.41. The average molecular weight is 340 g/mol. The summed E-state index contributed by atoms with van der Waals surface area (Å²) < 4.78 is 37.5. The van der Waals surface area contributed by atoms with E-state index in [0.29, 0.717) is 17.1 Å². The molecule has 2 amide bonds. The minimum atomic E-state index is -4.33. The molecule has 122 valence electrons. The molecule has 0 aliphatic rings. The molecule has 2 N–H and O–H groups in total. The second kappa shape index (κ2) is 6.95. The van der Waals surface area contributed by atoms with Crippen LogP contribution in [0.3, 0.4) is 0 Å². The maximum Gasteiger partial charge on any atom is 0.416 e. The molecule has 0 saturated carbocycles. The van der Waals surface area contributed by atoms with Crippen LogP contribution in [0, 0.1) is 0 Å².